The van der Waals surface area contributed by atoms with Gasteiger partial charge in [0.1, 0.15) is 11.6 Å². The third-order valence-electron chi connectivity index (χ3n) is 4.91. The van der Waals surface area contributed by atoms with Crippen molar-refractivity contribution < 1.29 is 14.3 Å². The molecule has 33 heavy (non-hydrogen) atoms. The Bertz CT molecular complexity index is 1150. The molecule has 0 fully saturated rings. The second kappa shape index (κ2) is 11.2. The number of hydrogen-bond acceptors (Lipinski definition) is 5. The van der Waals surface area contributed by atoms with E-state index in [1.165, 1.54) is 7.11 Å². The van der Waals surface area contributed by atoms with Crippen LogP contribution in [0.3, 0.4) is 0 Å². The van der Waals surface area contributed by atoms with Crippen LogP contribution in [-0.2, 0) is 9.53 Å². The van der Waals surface area contributed by atoms with Crippen molar-refractivity contribution in [2.45, 2.75) is 13.0 Å². The number of benzene rings is 3. The number of nitrogens with one attached hydrogen (secondary N) is 2. The summed E-state index contributed by atoms with van der Waals surface area (Å²) in [7, 11) is 1.33. The monoisotopic (exact) mass is 463 g/mol. The summed E-state index contributed by atoms with van der Waals surface area (Å²) in [5, 5.41) is 11.2. The minimum Gasteiger partial charge on any atom is -0.493 e. The Hall–Kier alpha value is -3.77. The molecule has 0 amide bonds. The van der Waals surface area contributed by atoms with Gasteiger partial charge in [0.25, 0.3) is 0 Å². The fraction of sp³-hybridized carbons (Fsp3) is 0.154. The normalized spacial score (nSPS) is 11.7. The number of hydrogen-bond donors (Lipinski definition) is 3. The van der Waals surface area contributed by atoms with Gasteiger partial charge in [0.2, 0.25) is 0 Å². The van der Waals surface area contributed by atoms with Gasteiger partial charge in [-0.3, -0.25) is 5.41 Å². The summed E-state index contributed by atoms with van der Waals surface area (Å²) in [5.74, 6) is 0.0126. The molecule has 0 aliphatic rings. The van der Waals surface area contributed by atoms with Gasteiger partial charge in [-0.1, -0.05) is 54.1 Å². The van der Waals surface area contributed by atoms with Crippen molar-refractivity contribution in [2.75, 3.05) is 19.0 Å². The lowest BCUT2D eigenvalue weighted by Crippen LogP contribution is -2.23. The highest BCUT2D eigenvalue weighted by Crippen LogP contribution is 2.36. The average molecular weight is 464 g/mol. The molecule has 170 valence electrons. The Kier molecular flexibility index (Phi) is 8.11. The number of esters is 1. The van der Waals surface area contributed by atoms with Crippen LogP contribution in [0.25, 0.3) is 12.2 Å². The first-order valence-corrected chi connectivity index (χ1v) is 10.8. The maximum absolute atomic E-state index is 12.8. The molecule has 0 bridgehead atoms. The Balaban J connectivity index is 2.05. The summed E-state index contributed by atoms with van der Waals surface area (Å²) in [6, 6.07) is 19.4. The van der Waals surface area contributed by atoms with Crippen LogP contribution in [0.15, 0.2) is 66.7 Å². The molecule has 0 saturated carbocycles. The number of carbonyl (C=O) groups is 1. The van der Waals surface area contributed by atoms with Crippen molar-refractivity contribution in [1.29, 1.82) is 5.41 Å². The quantitative estimate of drug-likeness (QED) is 0.168. The molecule has 3 aromatic rings. The molecular formula is C26H26ClN3O3. The number of amidine groups is 1. The smallest absolute Gasteiger partial charge is 0.333 e. The first-order valence-electron chi connectivity index (χ1n) is 10.4. The summed E-state index contributed by atoms with van der Waals surface area (Å²) in [5.41, 5.74) is 9.09. The molecule has 3 rings (SSSR count). The van der Waals surface area contributed by atoms with Gasteiger partial charge < -0.3 is 20.5 Å². The van der Waals surface area contributed by atoms with Crippen molar-refractivity contribution >= 4 is 41.2 Å². The van der Waals surface area contributed by atoms with E-state index >= 15 is 0 Å². The maximum atomic E-state index is 12.8. The van der Waals surface area contributed by atoms with Crippen molar-refractivity contribution in [3.63, 3.8) is 0 Å². The van der Waals surface area contributed by atoms with Crippen LogP contribution in [0, 0.1) is 5.41 Å². The molecule has 0 radical (unpaired) electrons. The molecule has 0 aromatic heterocycles. The van der Waals surface area contributed by atoms with E-state index in [1.807, 2.05) is 49.4 Å². The molecule has 7 heteroatoms. The lowest BCUT2D eigenvalue weighted by atomic mass is 10.00. The average Bonchev–Trinajstić information content (AvgIpc) is 2.83. The molecule has 0 spiro atoms. The van der Waals surface area contributed by atoms with Crippen molar-refractivity contribution in [2.24, 2.45) is 5.73 Å². The van der Waals surface area contributed by atoms with Crippen LogP contribution < -0.4 is 15.8 Å². The van der Waals surface area contributed by atoms with E-state index < -0.39 is 12.0 Å². The molecule has 6 nitrogen and oxygen atoms in total. The highest BCUT2D eigenvalue weighted by molar-refractivity contribution is 6.31. The number of halogens is 1. The number of carbonyl (C=O) groups excluding carboxylic acids is 1. The highest BCUT2D eigenvalue weighted by Gasteiger charge is 2.27. The van der Waals surface area contributed by atoms with Crippen LogP contribution in [0.2, 0.25) is 5.02 Å². The molecule has 1 atom stereocenters. The molecule has 3 aromatic carbocycles. The number of anilines is 1. The van der Waals surface area contributed by atoms with Gasteiger partial charge in [0.05, 0.1) is 13.7 Å². The number of nitrogens with two attached hydrogens (primary N) is 1. The SMILES string of the molecule is CCOc1c(C=Cc2ccccc2)cc(Cl)cc1C(Nc1ccc(C(=N)N)cc1)C(=O)OC. The summed E-state index contributed by atoms with van der Waals surface area (Å²) in [4.78, 5) is 12.8. The van der Waals surface area contributed by atoms with Gasteiger partial charge in [-0.25, -0.2) is 4.79 Å². The summed E-state index contributed by atoms with van der Waals surface area (Å²) < 4.78 is 11.0. The maximum Gasteiger partial charge on any atom is 0.333 e. The molecule has 0 heterocycles. The van der Waals surface area contributed by atoms with Crippen LogP contribution in [0.5, 0.6) is 5.75 Å². The Labute approximate surface area is 198 Å². The number of ether oxygens (including phenoxy) is 2. The molecular weight excluding hydrogens is 438 g/mol. The second-order valence-corrected chi connectivity index (χ2v) is 7.62. The predicted octanol–water partition coefficient (Wildman–Crippen LogP) is 5.52. The highest BCUT2D eigenvalue weighted by atomic mass is 35.5. The third-order valence-corrected chi connectivity index (χ3v) is 5.13. The zero-order valence-corrected chi connectivity index (χ0v) is 19.2. The Morgan fingerprint density at radius 3 is 2.42 bits per heavy atom. The number of nitrogen functional groups attached to an aromatic ring is 1. The molecule has 4 N–H and O–H groups in total. The van der Waals surface area contributed by atoms with Gasteiger partial charge in [0, 0.05) is 27.4 Å². The van der Waals surface area contributed by atoms with E-state index in [0.29, 0.717) is 34.2 Å². The molecule has 0 aliphatic carbocycles. The van der Waals surface area contributed by atoms with Crippen LogP contribution in [0.1, 0.15) is 35.2 Å². The molecule has 0 saturated heterocycles. The molecule has 0 aliphatic heterocycles. The predicted molar refractivity (Wildman–Crippen MR) is 134 cm³/mol. The fourth-order valence-electron chi connectivity index (χ4n) is 3.33. The first kappa shape index (κ1) is 23.9. The Morgan fingerprint density at radius 1 is 1.12 bits per heavy atom. The fourth-order valence-corrected chi connectivity index (χ4v) is 3.57. The zero-order valence-electron chi connectivity index (χ0n) is 18.5. The zero-order chi connectivity index (χ0) is 23.8. The molecule has 1 unspecified atom stereocenters. The number of rotatable bonds is 9. The lowest BCUT2D eigenvalue weighted by molar-refractivity contribution is -0.141. The topological polar surface area (TPSA) is 97.4 Å². The van der Waals surface area contributed by atoms with Gasteiger partial charge in [-0.05, 0) is 48.9 Å². The minimum atomic E-state index is -0.873. The Morgan fingerprint density at radius 2 is 1.82 bits per heavy atom. The van der Waals surface area contributed by atoms with Crippen LogP contribution >= 0.6 is 11.6 Å². The number of methoxy groups -OCH3 is 1. The van der Waals surface area contributed by atoms with E-state index in [1.54, 1.807) is 36.4 Å². The minimum absolute atomic E-state index is 0.0330. The lowest BCUT2D eigenvalue weighted by Gasteiger charge is -2.22. The second-order valence-electron chi connectivity index (χ2n) is 7.18. The van der Waals surface area contributed by atoms with E-state index in [9.17, 15) is 4.79 Å². The van der Waals surface area contributed by atoms with E-state index in [4.69, 9.17) is 32.2 Å². The van der Waals surface area contributed by atoms with Crippen molar-refractivity contribution in [3.05, 3.63) is 94.0 Å². The summed E-state index contributed by atoms with van der Waals surface area (Å²) >= 11 is 6.45. The van der Waals surface area contributed by atoms with E-state index in [2.05, 4.69) is 5.32 Å². The van der Waals surface area contributed by atoms with Gasteiger partial charge >= 0.3 is 5.97 Å². The van der Waals surface area contributed by atoms with Crippen molar-refractivity contribution in [3.8, 4) is 5.75 Å². The summed E-state index contributed by atoms with van der Waals surface area (Å²) in [6.45, 7) is 2.28. The van der Waals surface area contributed by atoms with E-state index in [-0.39, 0.29) is 5.84 Å². The standard InChI is InChI=1S/C26H26ClN3O3/c1-3-33-24-19(10-9-17-7-5-4-6-8-17)15-20(27)16-22(24)23(26(31)32-2)30-21-13-11-18(12-14-21)25(28)29/h4-16,23,30H,3H2,1-2H3,(H3,28,29). The van der Waals surface area contributed by atoms with Gasteiger partial charge in [0.15, 0.2) is 6.04 Å². The third kappa shape index (κ3) is 6.14. The van der Waals surface area contributed by atoms with E-state index in [0.717, 1.165) is 11.1 Å². The van der Waals surface area contributed by atoms with Crippen LogP contribution in [0.4, 0.5) is 5.69 Å². The summed E-state index contributed by atoms with van der Waals surface area (Å²) in [6.07, 6.45) is 3.87. The largest absolute Gasteiger partial charge is 0.493 e. The first-order chi connectivity index (χ1) is 15.9. The van der Waals surface area contributed by atoms with Gasteiger partial charge in [-0.2, -0.15) is 0 Å². The van der Waals surface area contributed by atoms with Crippen LogP contribution in [-0.4, -0.2) is 25.5 Å². The van der Waals surface area contributed by atoms with Gasteiger partial charge in [-0.15, -0.1) is 0 Å². The van der Waals surface area contributed by atoms with Crippen molar-refractivity contribution in [1.82, 2.24) is 0 Å².